The molecule has 0 fully saturated rings. The van der Waals surface area contributed by atoms with Gasteiger partial charge in [-0.3, -0.25) is 4.79 Å². The monoisotopic (exact) mass is 308 g/mol. The molecule has 23 heavy (non-hydrogen) atoms. The van der Waals surface area contributed by atoms with Gasteiger partial charge in [0.2, 0.25) is 0 Å². The first-order valence-electron chi connectivity index (χ1n) is 7.65. The van der Waals surface area contributed by atoms with E-state index in [1.165, 1.54) is 5.56 Å². The van der Waals surface area contributed by atoms with Crippen molar-refractivity contribution in [1.29, 1.82) is 5.26 Å². The standard InChI is InChI=1S/C19H20N2O2/c1-3-14(2)15-8-10-17(11-9-15)21-19(22)13-23-18-7-5-4-6-16(18)12-20/h4-11,14H,3,13H2,1-2H3,(H,21,22)/t14-/m1/s1. The number of para-hydroxylation sites is 1. The van der Waals surface area contributed by atoms with E-state index >= 15 is 0 Å². The molecule has 0 aliphatic heterocycles. The molecule has 0 saturated heterocycles. The van der Waals surface area contributed by atoms with Crippen LogP contribution in [0.1, 0.15) is 37.3 Å². The number of hydrogen-bond acceptors (Lipinski definition) is 3. The first kappa shape index (κ1) is 16.6. The van der Waals surface area contributed by atoms with E-state index in [9.17, 15) is 4.79 Å². The van der Waals surface area contributed by atoms with E-state index in [0.29, 0.717) is 17.2 Å². The van der Waals surface area contributed by atoms with Gasteiger partial charge in [0.05, 0.1) is 5.56 Å². The Labute approximate surface area is 136 Å². The summed E-state index contributed by atoms with van der Waals surface area (Å²) >= 11 is 0. The van der Waals surface area contributed by atoms with Crippen molar-refractivity contribution in [3.8, 4) is 11.8 Å². The molecule has 4 nitrogen and oxygen atoms in total. The van der Waals surface area contributed by atoms with Gasteiger partial charge in [-0.05, 0) is 42.2 Å². The average Bonchev–Trinajstić information content (AvgIpc) is 2.60. The van der Waals surface area contributed by atoms with Gasteiger partial charge < -0.3 is 10.1 Å². The quantitative estimate of drug-likeness (QED) is 0.874. The molecule has 2 rings (SSSR count). The van der Waals surface area contributed by atoms with Crippen LogP contribution < -0.4 is 10.1 Å². The predicted molar refractivity (Wildman–Crippen MR) is 90.4 cm³/mol. The van der Waals surface area contributed by atoms with Gasteiger partial charge in [0.25, 0.3) is 5.91 Å². The molecule has 0 aliphatic rings. The summed E-state index contributed by atoms with van der Waals surface area (Å²) in [4.78, 5) is 11.9. The van der Waals surface area contributed by atoms with Gasteiger partial charge in [-0.15, -0.1) is 0 Å². The molecule has 0 spiro atoms. The first-order chi connectivity index (χ1) is 11.1. The van der Waals surface area contributed by atoms with Crippen LogP contribution in [0, 0.1) is 11.3 Å². The summed E-state index contributed by atoms with van der Waals surface area (Å²) in [5.41, 5.74) is 2.40. The second-order valence-electron chi connectivity index (χ2n) is 5.38. The minimum atomic E-state index is -0.256. The first-order valence-corrected chi connectivity index (χ1v) is 7.65. The molecule has 118 valence electrons. The number of amides is 1. The highest BCUT2D eigenvalue weighted by atomic mass is 16.5. The highest BCUT2D eigenvalue weighted by Crippen LogP contribution is 2.20. The van der Waals surface area contributed by atoms with Gasteiger partial charge in [-0.2, -0.15) is 5.26 Å². The number of nitrogens with zero attached hydrogens (tertiary/aromatic N) is 1. The van der Waals surface area contributed by atoms with Crippen LogP contribution in [0.15, 0.2) is 48.5 Å². The number of nitriles is 1. The largest absolute Gasteiger partial charge is 0.482 e. The van der Waals surface area contributed by atoms with Crippen molar-refractivity contribution in [2.45, 2.75) is 26.2 Å². The van der Waals surface area contributed by atoms with E-state index in [-0.39, 0.29) is 12.5 Å². The molecular weight excluding hydrogens is 288 g/mol. The fraction of sp³-hybridized carbons (Fsp3) is 0.263. The van der Waals surface area contributed by atoms with Gasteiger partial charge in [0, 0.05) is 5.69 Å². The third-order valence-corrected chi connectivity index (χ3v) is 3.74. The minimum absolute atomic E-state index is 0.133. The highest BCUT2D eigenvalue weighted by Gasteiger charge is 2.07. The lowest BCUT2D eigenvalue weighted by molar-refractivity contribution is -0.118. The minimum Gasteiger partial charge on any atom is -0.482 e. The summed E-state index contributed by atoms with van der Waals surface area (Å²) < 4.78 is 5.41. The second kappa shape index (κ2) is 8.00. The maximum absolute atomic E-state index is 11.9. The molecule has 0 saturated carbocycles. The summed E-state index contributed by atoms with van der Waals surface area (Å²) in [6.45, 7) is 4.19. The smallest absolute Gasteiger partial charge is 0.262 e. The third-order valence-electron chi connectivity index (χ3n) is 3.74. The molecular formula is C19H20N2O2. The van der Waals surface area contributed by atoms with Crippen LogP contribution in [-0.4, -0.2) is 12.5 Å². The van der Waals surface area contributed by atoms with Crippen LogP contribution in [0.3, 0.4) is 0 Å². The van der Waals surface area contributed by atoms with Gasteiger partial charge >= 0.3 is 0 Å². The SMILES string of the molecule is CC[C@@H](C)c1ccc(NC(=O)COc2ccccc2C#N)cc1. The van der Waals surface area contributed by atoms with Crippen molar-refractivity contribution in [3.05, 3.63) is 59.7 Å². The van der Waals surface area contributed by atoms with Crippen LogP contribution in [0.5, 0.6) is 5.75 Å². The Kier molecular flexibility index (Phi) is 5.76. The van der Waals surface area contributed by atoms with E-state index in [1.54, 1.807) is 24.3 Å². The summed E-state index contributed by atoms with van der Waals surface area (Å²) in [7, 11) is 0. The molecule has 1 atom stereocenters. The number of benzene rings is 2. The van der Waals surface area contributed by atoms with Gasteiger partial charge in [0.15, 0.2) is 6.61 Å². The molecule has 0 radical (unpaired) electrons. The topological polar surface area (TPSA) is 62.1 Å². The molecule has 0 aromatic heterocycles. The van der Waals surface area contributed by atoms with Crippen LogP contribution in [-0.2, 0) is 4.79 Å². The zero-order valence-electron chi connectivity index (χ0n) is 13.4. The Bertz CT molecular complexity index is 702. The zero-order valence-corrected chi connectivity index (χ0v) is 13.4. The molecule has 2 aromatic rings. The molecule has 4 heteroatoms. The highest BCUT2D eigenvalue weighted by molar-refractivity contribution is 5.91. The van der Waals surface area contributed by atoms with Crippen LogP contribution in [0.4, 0.5) is 5.69 Å². The fourth-order valence-corrected chi connectivity index (χ4v) is 2.16. The van der Waals surface area contributed by atoms with Crippen molar-refractivity contribution < 1.29 is 9.53 Å². The number of nitrogens with one attached hydrogen (secondary N) is 1. The summed E-state index contributed by atoms with van der Waals surface area (Å²) in [5.74, 6) is 0.664. The number of rotatable bonds is 6. The molecule has 2 aromatic carbocycles. The Hall–Kier alpha value is -2.80. The molecule has 1 amide bonds. The van der Waals surface area contributed by atoms with Crippen molar-refractivity contribution in [3.63, 3.8) is 0 Å². The maximum Gasteiger partial charge on any atom is 0.262 e. The Morgan fingerprint density at radius 3 is 2.57 bits per heavy atom. The Morgan fingerprint density at radius 2 is 1.91 bits per heavy atom. The van der Waals surface area contributed by atoms with Gasteiger partial charge in [0.1, 0.15) is 11.8 Å². The van der Waals surface area contributed by atoms with Crippen molar-refractivity contribution in [2.75, 3.05) is 11.9 Å². The third kappa shape index (κ3) is 4.58. The van der Waals surface area contributed by atoms with E-state index < -0.39 is 0 Å². The van der Waals surface area contributed by atoms with Crippen LogP contribution in [0.2, 0.25) is 0 Å². The number of ether oxygens (including phenoxy) is 1. The maximum atomic E-state index is 11.9. The van der Waals surface area contributed by atoms with Crippen LogP contribution in [0.25, 0.3) is 0 Å². The summed E-state index contributed by atoms with van der Waals surface area (Å²) in [6.07, 6.45) is 1.08. The predicted octanol–water partition coefficient (Wildman–Crippen LogP) is 4.09. The average molecular weight is 308 g/mol. The molecule has 0 aliphatic carbocycles. The van der Waals surface area contributed by atoms with Gasteiger partial charge in [-0.25, -0.2) is 0 Å². The van der Waals surface area contributed by atoms with E-state index in [2.05, 4.69) is 19.2 Å². The number of hydrogen-bond donors (Lipinski definition) is 1. The normalized spacial score (nSPS) is 11.3. The number of carbonyl (C=O) groups is 1. The lowest BCUT2D eigenvalue weighted by atomic mass is 9.99. The van der Waals surface area contributed by atoms with E-state index in [0.717, 1.165) is 12.1 Å². The zero-order chi connectivity index (χ0) is 16.7. The fourth-order valence-electron chi connectivity index (χ4n) is 2.16. The Morgan fingerprint density at radius 1 is 1.22 bits per heavy atom. The van der Waals surface area contributed by atoms with Crippen molar-refractivity contribution in [1.82, 2.24) is 0 Å². The summed E-state index contributed by atoms with van der Waals surface area (Å²) in [6, 6.07) is 16.7. The van der Waals surface area contributed by atoms with Crippen molar-refractivity contribution in [2.24, 2.45) is 0 Å². The second-order valence-corrected chi connectivity index (χ2v) is 5.38. The molecule has 0 bridgehead atoms. The van der Waals surface area contributed by atoms with E-state index in [4.69, 9.17) is 10.00 Å². The lowest BCUT2D eigenvalue weighted by Gasteiger charge is -2.11. The molecule has 0 unspecified atom stereocenters. The van der Waals surface area contributed by atoms with Gasteiger partial charge in [-0.1, -0.05) is 38.1 Å². The number of carbonyl (C=O) groups excluding carboxylic acids is 1. The lowest BCUT2D eigenvalue weighted by Crippen LogP contribution is -2.20. The molecule has 1 N–H and O–H groups in total. The molecule has 0 heterocycles. The van der Waals surface area contributed by atoms with Crippen molar-refractivity contribution >= 4 is 11.6 Å². The summed E-state index contributed by atoms with van der Waals surface area (Å²) in [5, 5.41) is 11.8. The Balaban J connectivity index is 1.91. The van der Waals surface area contributed by atoms with E-state index in [1.807, 2.05) is 30.3 Å². The van der Waals surface area contributed by atoms with Crippen LogP contribution >= 0.6 is 0 Å². The number of anilines is 1.